The first kappa shape index (κ1) is 14.4. The molecule has 0 amide bonds. The summed E-state index contributed by atoms with van der Waals surface area (Å²) in [5.74, 6) is 0.945. The molecule has 1 heterocycles. The lowest BCUT2D eigenvalue weighted by molar-refractivity contribution is 0.424. The van der Waals surface area contributed by atoms with Crippen LogP contribution >= 0.6 is 15.9 Å². The largest absolute Gasteiger partial charge is 0.368 e. The van der Waals surface area contributed by atoms with E-state index in [0.29, 0.717) is 0 Å². The van der Waals surface area contributed by atoms with Crippen LogP contribution in [0.4, 0.5) is 5.69 Å². The second-order valence-electron chi connectivity index (χ2n) is 7.36. The fraction of sp³-hybridized carbons (Fsp3) is 0.647. The maximum absolute atomic E-state index is 3.75. The number of nitrogens with zero attached hydrogens (tertiary/aromatic N) is 1. The molecule has 0 spiro atoms. The van der Waals surface area contributed by atoms with E-state index in [1.54, 1.807) is 0 Å². The molecule has 2 nitrogen and oxygen atoms in total. The van der Waals surface area contributed by atoms with Gasteiger partial charge < -0.3 is 10.2 Å². The second-order valence-corrected chi connectivity index (χ2v) is 8.22. The van der Waals surface area contributed by atoms with Crippen molar-refractivity contribution in [3.63, 3.8) is 0 Å². The summed E-state index contributed by atoms with van der Waals surface area (Å²) >= 11 is 3.75. The minimum atomic E-state index is 0.159. The van der Waals surface area contributed by atoms with E-state index in [1.807, 2.05) is 0 Å². The van der Waals surface area contributed by atoms with Gasteiger partial charge in [-0.1, -0.05) is 22.0 Å². The standard InChI is InChI=1S/C17H25BrN2/c1-17(2,3)19-10-13-5-7-15(9-16(13)18)20-11-12-4-6-14(20)8-12/h5,7,9,12,14,19H,4,6,8,10-11H2,1-3H3. The maximum atomic E-state index is 3.75. The highest BCUT2D eigenvalue weighted by Gasteiger charge is 2.37. The van der Waals surface area contributed by atoms with E-state index in [2.05, 4.69) is 65.1 Å². The summed E-state index contributed by atoms with van der Waals surface area (Å²) in [6.07, 6.45) is 4.23. The Morgan fingerprint density at radius 2 is 2.10 bits per heavy atom. The third kappa shape index (κ3) is 3.04. The molecule has 3 heteroatoms. The van der Waals surface area contributed by atoms with Crippen LogP contribution in [0.15, 0.2) is 22.7 Å². The van der Waals surface area contributed by atoms with Gasteiger partial charge in [0.1, 0.15) is 0 Å². The van der Waals surface area contributed by atoms with Gasteiger partial charge in [-0.3, -0.25) is 0 Å². The number of nitrogens with one attached hydrogen (secondary N) is 1. The Kier molecular flexibility index (Phi) is 3.85. The van der Waals surface area contributed by atoms with Crippen LogP contribution < -0.4 is 10.2 Å². The molecule has 1 aliphatic carbocycles. The Balaban J connectivity index is 1.71. The van der Waals surface area contributed by atoms with Crippen LogP contribution in [0.5, 0.6) is 0 Å². The van der Waals surface area contributed by atoms with Crippen LogP contribution in [0.25, 0.3) is 0 Å². The van der Waals surface area contributed by atoms with E-state index in [4.69, 9.17) is 0 Å². The van der Waals surface area contributed by atoms with Crippen molar-refractivity contribution in [2.45, 2.75) is 58.2 Å². The lowest BCUT2D eigenvalue weighted by Gasteiger charge is -2.29. The first-order valence-electron chi connectivity index (χ1n) is 7.72. The van der Waals surface area contributed by atoms with Gasteiger partial charge in [0.25, 0.3) is 0 Å². The van der Waals surface area contributed by atoms with E-state index >= 15 is 0 Å². The molecule has 1 aromatic rings. The summed E-state index contributed by atoms with van der Waals surface area (Å²) in [5, 5.41) is 3.55. The van der Waals surface area contributed by atoms with Crippen LogP contribution in [-0.2, 0) is 6.54 Å². The predicted molar refractivity (Wildman–Crippen MR) is 89.2 cm³/mol. The molecule has 3 rings (SSSR count). The number of hydrogen-bond donors (Lipinski definition) is 1. The van der Waals surface area contributed by atoms with E-state index in [0.717, 1.165) is 18.5 Å². The summed E-state index contributed by atoms with van der Waals surface area (Å²) in [4.78, 5) is 2.61. The van der Waals surface area contributed by atoms with Crippen LogP contribution in [0, 0.1) is 5.92 Å². The minimum absolute atomic E-state index is 0.159. The van der Waals surface area contributed by atoms with Crippen molar-refractivity contribution in [2.75, 3.05) is 11.4 Å². The summed E-state index contributed by atoms with van der Waals surface area (Å²) < 4.78 is 1.23. The van der Waals surface area contributed by atoms with Crippen molar-refractivity contribution in [3.05, 3.63) is 28.2 Å². The quantitative estimate of drug-likeness (QED) is 0.883. The van der Waals surface area contributed by atoms with Gasteiger partial charge in [-0.15, -0.1) is 0 Å². The molecule has 2 bridgehead atoms. The molecule has 0 radical (unpaired) electrons. The highest BCUT2D eigenvalue weighted by atomic mass is 79.9. The first-order valence-corrected chi connectivity index (χ1v) is 8.52. The monoisotopic (exact) mass is 336 g/mol. The fourth-order valence-corrected chi connectivity index (χ4v) is 3.97. The number of benzene rings is 1. The van der Waals surface area contributed by atoms with Gasteiger partial charge >= 0.3 is 0 Å². The summed E-state index contributed by atoms with van der Waals surface area (Å²) in [5.41, 5.74) is 2.89. The van der Waals surface area contributed by atoms with Gasteiger partial charge in [-0.25, -0.2) is 0 Å². The van der Waals surface area contributed by atoms with E-state index < -0.39 is 0 Å². The lowest BCUT2D eigenvalue weighted by Crippen LogP contribution is -2.35. The van der Waals surface area contributed by atoms with Gasteiger partial charge in [0, 0.05) is 34.8 Å². The normalized spacial score (nSPS) is 25.5. The van der Waals surface area contributed by atoms with Crippen molar-refractivity contribution in [3.8, 4) is 0 Å². The second kappa shape index (κ2) is 5.34. The highest BCUT2D eigenvalue weighted by Crippen LogP contribution is 2.40. The molecule has 1 aliphatic heterocycles. The molecule has 1 saturated carbocycles. The fourth-order valence-electron chi connectivity index (χ4n) is 3.46. The molecular weight excluding hydrogens is 312 g/mol. The summed E-state index contributed by atoms with van der Waals surface area (Å²) in [6.45, 7) is 8.79. The van der Waals surface area contributed by atoms with Gasteiger partial charge in [-0.05, 0) is 63.6 Å². The number of halogens is 1. The minimum Gasteiger partial charge on any atom is -0.368 e. The Morgan fingerprint density at radius 3 is 2.65 bits per heavy atom. The molecule has 1 N–H and O–H groups in total. The number of piperidine rings is 1. The zero-order valence-electron chi connectivity index (χ0n) is 12.7. The van der Waals surface area contributed by atoms with Crippen molar-refractivity contribution >= 4 is 21.6 Å². The summed E-state index contributed by atoms with van der Waals surface area (Å²) in [6, 6.07) is 7.67. The molecular formula is C17H25BrN2. The average Bonchev–Trinajstić information content (AvgIpc) is 2.98. The predicted octanol–water partition coefficient (Wildman–Crippen LogP) is 4.33. The van der Waals surface area contributed by atoms with Gasteiger partial charge in [0.05, 0.1) is 0 Å². The first-order chi connectivity index (χ1) is 9.42. The van der Waals surface area contributed by atoms with Crippen LogP contribution in [0.3, 0.4) is 0 Å². The van der Waals surface area contributed by atoms with Gasteiger partial charge in [0.15, 0.2) is 0 Å². The van der Waals surface area contributed by atoms with Crippen molar-refractivity contribution in [2.24, 2.45) is 5.92 Å². The zero-order chi connectivity index (χ0) is 14.3. The molecule has 0 aromatic heterocycles. The molecule has 1 saturated heterocycles. The molecule has 110 valence electrons. The zero-order valence-corrected chi connectivity index (χ0v) is 14.3. The van der Waals surface area contributed by atoms with E-state index in [9.17, 15) is 0 Å². The number of hydrogen-bond acceptors (Lipinski definition) is 2. The van der Waals surface area contributed by atoms with Crippen LogP contribution in [-0.4, -0.2) is 18.1 Å². The van der Waals surface area contributed by atoms with E-state index in [1.165, 1.54) is 41.5 Å². The Hall–Kier alpha value is -0.540. The van der Waals surface area contributed by atoms with Crippen LogP contribution in [0.2, 0.25) is 0 Å². The van der Waals surface area contributed by atoms with Crippen molar-refractivity contribution in [1.82, 2.24) is 5.32 Å². The molecule has 2 atom stereocenters. The average molecular weight is 337 g/mol. The van der Waals surface area contributed by atoms with Gasteiger partial charge in [-0.2, -0.15) is 0 Å². The van der Waals surface area contributed by atoms with Crippen molar-refractivity contribution < 1.29 is 0 Å². The Morgan fingerprint density at radius 1 is 1.30 bits per heavy atom. The molecule has 20 heavy (non-hydrogen) atoms. The lowest BCUT2D eigenvalue weighted by atomic mass is 10.1. The molecule has 2 aliphatic rings. The highest BCUT2D eigenvalue weighted by molar-refractivity contribution is 9.10. The van der Waals surface area contributed by atoms with Gasteiger partial charge in [0.2, 0.25) is 0 Å². The van der Waals surface area contributed by atoms with E-state index in [-0.39, 0.29) is 5.54 Å². The Bertz CT molecular complexity index is 492. The number of fused-ring (bicyclic) bond motifs is 2. The smallest absolute Gasteiger partial charge is 0.0380 e. The third-order valence-corrected chi connectivity index (χ3v) is 5.32. The molecule has 2 fully saturated rings. The summed E-state index contributed by atoms with van der Waals surface area (Å²) in [7, 11) is 0. The molecule has 2 unspecified atom stereocenters. The third-order valence-electron chi connectivity index (χ3n) is 4.59. The molecule has 1 aromatic carbocycles. The topological polar surface area (TPSA) is 15.3 Å². The SMILES string of the molecule is CC(C)(C)NCc1ccc(N2CC3CCC2C3)cc1Br. The van der Waals surface area contributed by atoms with Crippen LogP contribution in [0.1, 0.15) is 45.6 Å². The number of rotatable bonds is 3. The Labute approximate surface area is 131 Å². The van der Waals surface area contributed by atoms with Crippen molar-refractivity contribution in [1.29, 1.82) is 0 Å². The maximum Gasteiger partial charge on any atom is 0.0380 e. The number of anilines is 1.